The highest BCUT2D eigenvalue weighted by molar-refractivity contribution is 5.96. The maximum Gasteiger partial charge on any atom is 0.255 e. The van der Waals surface area contributed by atoms with E-state index in [1.54, 1.807) is 0 Å². The lowest BCUT2D eigenvalue weighted by molar-refractivity contribution is 0.0941. The molecule has 4 nitrogen and oxygen atoms in total. The topological polar surface area (TPSA) is 46.9 Å². The van der Waals surface area contributed by atoms with Crippen LogP contribution in [-0.4, -0.2) is 21.7 Å². The predicted octanol–water partition coefficient (Wildman–Crippen LogP) is 3.83. The van der Waals surface area contributed by atoms with Gasteiger partial charge in [0.05, 0.1) is 22.6 Å². The molecule has 0 spiro atoms. The molecule has 0 aliphatic carbocycles. The van der Waals surface area contributed by atoms with Gasteiger partial charge < -0.3 is 5.32 Å². The molecule has 1 aromatic carbocycles. The minimum absolute atomic E-state index is 0.0343. The highest BCUT2D eigenvalue weighted by atomic mass is 16.1. The summed E-state index contributed by atoms with van der Waals surface area (Å²) in [7, 11) is 0. The van der Waals surface area contributed by atoms with Crippen LogP contribution in [0.3, 0.4) is 0 Å². The largest absolute Gasteiger partial charge is 0.350 e. The van der Waals surface area contributed by atoms with Gasteiger partial charge in [-0.2, -0.15) is 5.10 Å². The minimum Gasteiger partial charge on any atom is -0.350 e. The molecule has 1 amide bonds. The Hall–Kier alpha value is -2.10. The van der Waals surface area contributed by atoms with Crippen molar-refractivity contribution in [3.05, 3.63) is 46.8 Å². The standard InChI is InChI=1S/C19H27N3O/c1-12(2)11-16-18(19(23)20-13(3)4)15(6)22(21-16)17-10-8-7-9-14(17)5/h7-10,12-13H,11H2,1-6H3,(H,20,23). The molecule has 0 unspecified atom stereocenters. The number of rotatable bonds is 5. The maximum atomic E-state index is 12.6. The highest BCUT2D eigenvalue weighted by Crippen LogP contribution is 2.22. The Bertz CT molecular complexity index is 699. The van der Waals surface area contributed by atoms with Crippen LogP contribution in [0.4, 0.5) is 0 Å². The normalized spacial score (nSPS) is 11.3. The number of benzene rings is 1. The number of aryl methyl sites for hydroxylation is 1. The fourth-order valence-electron chi connectivity index (χ4n) is 2.76. The lowest BCUT2D eigenvalue weighted by Crippen LogP contribution is -2.31. The Morgan fingerprint density at radius 2 is 1.83 bits per heavy atom. The molecule has 1 aromatic heterocycles. The van der Waals surface area contributed by atoms with E-state index in [1.807, 2.05) is 43.7 Å². The number of nitrogens with one attached hydrogen (secondary N) is 1. The molecule has 23 heavy (non-hydrogen) atoms. The molecule has 2 aromatic rings. The first kappa shape index (κ1) is 17.3. The van der Waals surface area contributed by atoms with Crippen molar-refractivity contribution in [1.82, 2.24) is 15.1 Å². The number of hydrogen-bond donors (Lipinski definition) is 1. The minimum atomic E-state index is -0.0343. The predicted molar refractivity (Wildman–Crippen MR) is 94.2 cm³/mol. The van der Waals surface area contributed by atoms with Gasteiger partial charge in [-0.05, 0) is 51.7 Å². The van der Waals surface area contributed by atoms with Crippen molar-refractivity contribution < 1.29 is 4.79 Å². The fourth-order valence-corrected chi connectivity index (χ4v) is 2.76. The molecular weight excluding hydrogens is 286 g/mol. The Balaban J connectivity index is 2.56. The van der Waals surface area contributed by atoms with Gasteiger partial charge in [-0.25, -0.2) is 4.68 Å². The van der Waals surface area contributed by atoms with Crippen molar-refractivity contribution >= 4 is 5.91 Å². The van der Waals surface area contributed by atoms with E-state index >= 15 is 0 Å². The Morgan fingerprint density at radius 3 is 2.39 bits per heavy atom. The lowest BCUT2D eigenvalue weighted by Gasteiger charge is -2.10. The van der Waals surface area contributed by atoms with E-state index in [2.05, 4.69) is 32.2 Å². The summed E-state index contributed by atoms with van der Waals surface area (Å²) in [6, 6.07) is 8.22. The summed E-state index contributed by atoms with van der Waals surface area (Å²) in [5.74, 6) is 0.410. The molecule has 0 fully saturated rings. The van der Waals surface area contributed by atoms with Crippen molar-refractivity contribution in [2.45, 2.75) is 54.0 Å². The zero-order valence-electron chi connectivity index (χ0n) is 15.0. The number of amides is 1. The zero-order chi connectivity index (χ0) is 17.1. The van der Waals surface area contributed by atoms with E-state index in [1.165, 1.54) is 0 Å². The van der Waals surface area contributed by atoms with E-state index in [9.17, 15) is 4.79 Å². The second-order valence-electron chi connectivity index (χ2n) is 6.83. The summed E-state index contributed by atoms with van der Waals surface area (Å²) in [5, 5.41) is 7.77. The van der Waals surface area contributed by atoms with Crippen molar-refractivity contribution in [1.29, 1.82) is 0 Å². The molecule has 124 valence electrons. The molecule has 1 N–H and O–H groups in total. The van der Waals surface area contributed by atoms with Crippen LogP contribution < -0.4 is 5.32 Å². The van der Waals surface area contributed by atoms with Crippen LogP contribution >= 0.6 is 0 Å². The number of para-hydroxylation sites is 1. The molecule has 0 radical (unpaired) electrons. The third-order valence-corrected chi connectivity index (χ3v) is 3.78. The molecule has 0 aliphatic rings. The molecule has 0 bridgehead atoms. The second kappa shape index (κ2) is 6.99. The van der Waals surface area contributed by atoms with Gasteiger partial charge in [0.2, 0.25) is 0 Å². The van der Waals surface area contributed by atoms with Gasteiger partial charge >= 0.3 is 0 Å². The Morgan fingerprint density at radius 1 is 1.17 bits per heavy atom. The van der Waals surface area contributed by atoms with Crippen LogP contribution in [0.5, 0.6) is 0 Å². The Kier molecular flexibility index (Phi) is 5.24. The first-order valence-electron chi connectivity index (χ1n) is 8.26. The first-order valence-corrected chi connectivity index (χ1v) is 8.26. The summed E-state index contributed by atoms with van der Waals surface area (Å²) in [4.78, 5) is 12.6. The number of aromatic nitrogens is 2. The van der Waals surface area contributed by atoms with E-state index in [0.717, 1.165) is 34.6 Å². The summed E-state index contributed by atoms with van der Waals surface area (Å²) < 4.78 is 1.91. The van der Waals surface area contributed by atoms with Gasteiger partial charge in [-0.3, -0.25) is 4.79 Å². The zero-order valence-corrected chi connectivity index (χ0v) is 15.0. The van der Waals surface area contributed by atoms with Gasteiger partial charge in [-0.15, -0.1) is 0 Å². The average molecular weight is 313 g/mol. The van der Waals surface area contributed by atoms with Crippen molar-refractivity contribution in [3.8, 4) is 5.69 Å². The van der Waals surface area contributed by atoms with E-state index in [-0.39, 0.29) is 11.9 Å². The van der Waals surface area contributed by atoms with E-state index in [0.29, 0.717) is 5.92 Å². The van der Waals surface area contributed by atoms with Crippen LogP contribution in [-0.2, 0) is 6.42 Å². The number of carbonyl (C=O) groups excluding carboxylic acids is 1. The number of carbonyl (C=O) groups is 1. The molecule has 0 saturated carbocycles. The smallest absolute Gasteiger partial charge is 0.255 e. The van der Waals surface area contributed by atoms with Crippen LogP contribution in [0.2, 0.25) is 0 Å². The summed E-state index contributed by atoms with van der Waals surface area (Å²) in [5.41, 5.74) is 4.66. The summed E-state index contributed by atoms with van der Waals surface area (Å²) in [6.45, 7) is 12.3. The van der Waals surface area contributed by atoms with Crippen LogP contribution in [0.1, 0.15) is 55.0 Å². The molecule has 0 atom stereocenters. The van der Waals surface area contributed by atoms with E-state index in [4.69, 9.17) is 5.10 Å². The molecule has 0 aliphatic heterocycles. The maximum absolute atomic E-state index is 12.6. The fraction of sp³-hybridized carbons (Fsp3) is 0.474. The van der Waals surface area contributed by atoms with Gasteiger partial charge in [0.15, 0.2) is 0 Å². The van der Waals surface area contributed by atoms with Crippen LogP contribution in [0.15, 0.2) is 24.3 Å². The van der Waals surface area contributed by atoms with Crippen LogP contribution in [0.25, 0.3) is 5.69 Å². The van der Waals surface area contributed by atoms with Gasteiger partial charge in [0.25, 0.3) is 5.91 Å². The average Bonchev–Trinajstić information content (AvgIpc) is 2.74. The molecule has 4 heteroatoms. The second-order valence-corrected chi connectivity index (χ2v) is 6.83. The van der Waals surface area contributed by atoms with Crippen molar-refractivity contribution in [2.24, 2.45) is 5.92 Å². The highest BCUT2D eigenvalue weighted by Gasteiger charge is 2.23. The monoisotopic (exact) mass is 313 g/mol. The quantitative estimate of drug-likeness (QED) is 0.912. The summed E-state index contributed by atoms with van der Waals surface area (Å²) in [6.07, 6.45) is 0.792. The molecular formula is C19H27N3O. The molecule has 2 rings (SSSR count). The van der Waals surface area contributed by atoms with E-state index < -0.39 is 0 Å². The number of nitrogens with zero attached hydrogens (tertiary/aromatic N) is 2. The first-order chi connectivity index (χ1) is 10.8. The third-order valence-electron chi connectivity index (χ3n) is 3.78. The third kappa shape index (κ3) is 3.81. The lowest BCUT2D eigenvalue weighted by atomic mass is 10.0. The van der Waals surface area contributed by atoms with Crippen molar-refractivity contribution in [2.75, 3.05) is 0 Å². The van der Waals surface area contributed by atoms with Gasteiger partial charge in [0.1, 0.15) is 0 Å². The van der Waals surface area contributed by atoms with Crippen molar-refractivity contribution in [3.63, 3.8) is 0 Å². The van der Waals surface area contributed by atoms with Gasteiger partial charge in [0, 0.05) is 6.04 Å². The number of hydrogen-bond acceptors (Lipinski definition) is 2. The summed E-state index contributed by atoms with van der Waals surface area (Å²) >= 11 is 0. The van der Waals surface area contributed by atoms with Crippen LogP contribution in [0, 0.1) is 19.8 Å². The SMILES string of the molecule is Cc1ccccc1-n1nc(CC(C)C)c(C(=O)NC(C)C)c1C. The Labute approximate surface area is 138 Å². The van der Waals surface area contributed by atoms with Gasteiger partial charge in [-0.1, -0.05) is 32.0 Å². The molecule has 0 saturated heterocycles. The molecule has 1 heterocycles.